The first kappa shape index (κ1) is 11.1. The Bertz CT molecular complexity index is 756. The molecule has 0 saturated carbocycles. The summed E-state index contributed by atoms with van der Waals surface area (Å²) in [7, 11) is 0. The molecule has 7 heteroatoms. The molecule has 0 fully saturated rings. The van der Waals surface area contributed by atoms with Crippen LogP contribution < -0.4 is 5.56 Å². The van der Waals surface area contributed by atoms with E-state index in [1.54, 1.807) is 23.8 Å². The minimum Gasteiger partial charge on any atom is -0.309 e. The topological polar surface area (TPSA) is 76.5 Å². The number of aromatic amines is 1. The van der Waals surface area contributed by atoms with Gasteiger partial charge in [-0.3, -0.25) is 9.78 Å². The van der Waals surface area contributed by atoms with Gasteiger partial charge in [0.1, 0.15) is 11.6 Å². The summed E-state index contributed by atoms with van der Waals surface area (Å²) in [5, 5.41) is 0. The second kappa shape index (κ2) is 4.02. The van der Waals surface area contributed by atoms with Crippen molar-refractivity contribution in [3.05, 3.63) is 38.6 Å². The molecule has 0 aromatic carbocycles. The van der Waals surface area contributed by atoms with Gasteiger partial charge in [-0.15, -0.1) is 11.3 Å². The lowest BCUT2D eigenvalue weighted by atomic mass is 10.4. The summed E-state index contributed by atoms with van der Waals surface area (Å²) >= 11 is 1.57. The van der Waals surface area contributed by atoms with E-state index in [1.807, 2.05) is 17.7 Å². The maximum Gasteiger partial charge on any atom is 0.279 e. The van der Waals surface area contributed by atoms with E-state index in [1.165, 1.54) is 0 Å². The van der Waals surface area contributed by atoms with Crippen molar-refractivity contribution in [2.24, 2.45) is 0 Å². The predicted octanol–water partition coefficient (Wildman–Crippen LogP) is 1.24. The van der Waals surface area contributed by atoms with Crippen LogP contribution >= 0.6 is 11.3 Å². The highest BCUT2D eigenvalue weighted by Crippen LogP contribution is 2.15. The lowest BCUT2D eigenvalue weighted by molar-refractivity contribution is 0.783. The fourth-order valence-electron chi connectivity index (χ4n) is 1.89. The SMILES string of the molecule is Cc1nc2c(nc(C)n2Cc2cncs2)c(=O)[nH]1. The van der Waals surface area contributed by atoms with Gasteiger partial charge in [-0.25, -0.2) is 9.97 Å². The molecule has 92 valence electrons. The number of H-pyrrole nitrogens is 1. The molecule has 0 amide bonds. The number of hydrogen-bond acceptors (Lipinski definition) is 5. The van der Waals surface area contributed by atoms with E-state index in [0.29, 0.717) is 23.5 Å². The van der Waals surface area contributed by atoms with Gasteiger partial charge in [-0.05, 0) is 13.8 Å². The van der Waals surface area contributed by atoms with E-state index >= 15 is 0 Å². The summed E-state index contributed by atoms with van der Waals surface area (Å²) < 4.78 is 1.94. The molecule has 0 spiro atoms. The second-order valence-electron chi connectivity index (χ2n) is 4.04. The average molecular weight is 261 g/mol. The molecule has 3 aromatic rings. The number of imidazole rings is 1. The molecule has 0 aliphatic heterocycles. The van der Waals surface area contributed by atoms with Crippen molar-refractivity contribution in [2.75, 3.05) is 0 Å². The maximum absolute atomic E-state index is 11.8. The lowest BCUT2D eigenvalue weighted by Gasteiger charge is -2.03. The van der Waals surface area contributed by atoms with Crippen LogP contribution in [0.3, 0.4) is 0 Å². The molecular weight excluding hydrogens is 250 g/mol. The van der Waals surface area contributed by atoms with Crippen LogP contribution in [-0.4, -0.2) is 24.5 Å². The molecule has 3 aromatic heterocycles. The average Bonchev–Trinajstić information content (AvgIpc) is 2.91. The molecule has 1 N–H and O–H groups in total. The highest BCUT2D eigenvalue weighted by Gasteiger charge is 2.13. The molecule has 0 aliphatic carbocycles. The number of hydrogen-bond donors (Lipinski definition) is 1. The Morgan fingerprint density at radius 3 is 2.94 bits per heavy atom. The van der Waals surface area contributed by atoms with Gasteiger partial charge in [0.15, 0.2) is 11.2 Å². The Labute approximate surface area is 106 Å². The highest BCUT2D eigenvalue weighted by molar-refractivity contribution is 7.09. The number of aryl methyl sites for hydroxylation is 2. The number of nitrogens with zero attached hydrogens (tertiary/aromatic N) is 4. The van der Waals surface area contributed by atoms with Gasteiger partial charge in [0.25, 0.3) is 5.56 Å². The van der Waals surface area contributed by atoms with Gasteiger partial charge in [-0.2, -0.15) is 0 Å². The Kier molecular flexibility index (Phi) is 2.48. The summed E-state index contributed by atoms with van der Waals surface area (Å²) in [5.74, 6) is 1.37. The van der Waals surface area contributed by atoms with Gasteiger partial charge in [0.2, 0.25) is 0 Å². The molecule has 0 unspecified atom stereocenters. The number of rotatable bonds is 2. The number of thiazole rings is 1. The highest BCUT2D eigenvalue weighted by atomic mass is 32.1. The van der Waals surface area contributed by atoms with E-state index in [4.69, 9.17) is 0 Å². The van der Waals surface area contributed by atoms with Crippen LogP contribution in [0.5, 0.6) is 0 Å². The standard InChI is InChI=1S/C11H11N5OS/c1-6-13-10-9(11(17)14-6)15-7(2)16(10)4-8-3-12-5-18-8/h3,5H,4H2,1-2H3,(H,13,14,17). The Morgan fingerprint density at radius 1 is 1.39 bits per heavy atom. The molecule has 3 heterocycles. The zero-order valence-corrected chi connectivity index (χ0v) is 10.8. The minimum absolute atomic E-state index is 0.191. The van der Waals surface area contributed by atoms with Crippen LogP contribution in [0.1, 0.15) is 16.5 Å². The normalized spacial score (nSPS) is 11.2. The minimum atomic E-state index is -0.191. The second-order valence-corrected chi connectivity index (χ2v) is 5.01. The molecule has 18 heavy (non-hydrogen) atoms. The fraction of sp³-hybridized carbons (Fsp3) is 0.273. The van der Waals surface area contributed by atoms with Crippen molar-refractivity contribution in [3.63, 3.8) is 0 Å². The number of aromatic nitrogens is 5. The first-order valence-electron chi connectivity index (χ1n) is 5.46. The van der Waals surface area contributed by atoms with E-state index < -0.39 is 0 Å². The maximum atomic E-state index is 11.8. The number of fused-ring (bicyclic) bond motifs is 1. The first-order chi connectivity index (χ1) is 8.65. The summed E-state index contributed by atoms with van der Waals surface area (Å²) in [6, 6.07) is 0. The van der Waals surface area contributed by atoms with Crippen LogP contribution in [0, 0.1) is 13.8 Å². The van der Waals surface area contributed by atoms with Crippen molar-refractivity contribution in [1.29, 1.82) is 0 Å². The molecule has 0 bridgehead atoms. The van der Waals surface area contributed by atoms with Gasteiger partial charge >= 0.3 is 0 Å². The van der Waals surface area contributed by atoms with Crippen molar-refractivity contribution < 1.29 is 0 Å². The first-order valence-corrected chi connectivity index (χ1v) is 6.34. The predicted molar refractivity (Wildman–Crippen MR) is 68.8 cm³/mol. The summed E-state index contributed by atoms with van der Waals surface area (Å²) in [4.78, 5) is 28.2. The third-order valence-corrected chi connectivity index (χ3v) is 3.48. The molecular formula is C11H11N5OS. The zero-order valence-electron chi connectivity index (χ0n) is 9.97. The third kappa shape index (κ3) is 1.72. The largest absolute Gasteiger partial charge is 0.309 e. The van der Waals surface area contributed by atoms with E-state index in [2.05, 4.69) is 19.9 Å². The Balaban J connectivity index is 2.22. The van der Waals surface area contributed by atoms with Crippen molar-refractivity contribution in [3.8, 4) is 0 Å². The van der Waals surface area contributed by atoms with Crippen LogP contribution in [-0.2, 0) is 6.54 Å². The molecule has 0 saturated heterocycles. The van der Waals surface area contributed by atoms with Crippen molar-refractivity contribution >= 4 is 22.5 Å². The summed E-state index contributed by atoms with van der Waals surface area (Å²) in [6.07, 6.45) is 1.82. The van der Waals surface area contributed by atoms with Gasteiger partial charge < -0.3 is 9.55 Å². The molecule has 6 nitrogen and oxygen atoms in total. The molecule has 0 atom stereocenters. The Morgan fingerprint density at radius 2 is 2.22 bits per heavy atom. The Hall–Kier alpha value is -2.02. The van der Waals surface area contributed by atoms with Crippen molar-refractivity contribution in [1.82, 2.24) is 24.5 Å². The van der Waals surface area contributed by atoms with E-state index in [9.17, 15) is 4.79 Å². The van der Waals surface area contributed by atoms with Gasteiger partial charge in [-0.1, -0.05) is 0 Å². The number of nitrogens with one attached hydrogen (secondary N) is 1. The van der Waals surface area contributed by atoms with Gasteiger partial charge in [0, 0.05) is 11.1 Å². The van der Waals surface area contributed by atoms with E-state index in [-0.39, 0.29) is 5.56 Å². The molecule has 3 rings (SSSR count). The summed E-state index contributed by atoms with van der Waals surface area (Å²) in [6.45, 7) is 4.28. The fourth-order valence-corrected chi connectivity index (χ4v) is 2.48. The molecule has 0 aliphatic rings. The molecule has 0 radical (unpaired) electrons. The quantitative estimate of drug-likeness (QED) is 0.753. The lowest BCUT2D eigenvalue weighted by Crippen LogP contribution is -2.11. The van der Waals surface area contributed by atoms with Crippen LogP contribution in [0.25, 0.3) is 11.2 Å². The summed E-state index contributed by atoms with van der Waals surface area (Å²) in [5.41, 5.74) is 2.61. The van der Waals surface area contributed by atoms with Crippen molar-refractivity contribution in [2.45, 2.75) is 20.4 Å². The van der Waals surface area contributed by atoms with Gasteiger partial charge in [0.05, 0.1) is 12.1 Å². The smallest absolute Gasteiger partial charge is 0.279 e. The van der Waals surface area contributed by atoms with Crippen LogP contribution in [0.2, 0.25) is 0 Å². The van der Waals surface area contributed by atoms with Crippen LogP contribution in [0.15, 0.2) is 16.5 Å². The van der Waals surface area contributed by atoms with E-state index in [0.717, 1.165) is 10.7 Å². The van der Waals surface area contributed by atoms with Crippen LogP contribution in [0.4, 0.5) is 0 Å². The zero-order chi connectivity index (χ0) is 12.7. The monoisotopic (exact) mass is 261 g/mol. The third-order valence-electron chi connectivity index (χ3n) is 2.71.